The van der Waals surface area contributed by atoms with Crippen LogP contribution in [-0.4, -0.2) is 55.4 Å². The molecule has 1 heterocycles. The predicted octanol–water partition coefficient (Wildman–Crippen LogP) is 3.15. The molecular weight excluding hydrogens is 358 g/mol. The molecule has 1 aromatic carbocycles. The summed E-state index contributed by atoms with van der Waals surface area (Å²) in [7, 11) is 0. The van der Waals surface area contributed by atoms with Crippen molar-refractivity contribution in [3.63, 3.8) is 0 Å². The van der Waals surface area contributed by atoms with Crippen LogP contribution in [0.5, 0.6) is 0 Å². The van der Waals surface area contributed by atoms with Gasteiger partial charge in [-0.3, -0.25) is 0 Å². The second-order valence-electron chi connectivity index (χ2n) is 8.16. The van der Waals surface area contributed by atoms with Crippen LogP contribution in [0.25, 0.3) is 0 Å². The van der Waals surface area contributed by atoms with Crippen LogP contribution in [0.2, 0.25) is 0 Å². The van der Waals surface area contributed by atoms with Gasteiger partial charge in [0.1, 0.15) is 12.2 Å². The molecule has 0 aromatic heterocycles. The SMILES string of the molecule is CC(C)(C)OC(=O)NCCN1CCC(CCNC(=O)OCc2ccccc2)C1. The summed E-state index contributed by atoms with van der Waals surface area (Å²) in [5.74, 6) is 0.552. The minimum atomic E-state index is -0.474. The van der Waals surface area contributed by atoms with Crippen LogP contribution in [-0.2, 0) is 16.1 Å². The van der Waals surface area contributed by atoms with Gasteiger partial charge in [0.05, 0.1) is 0 Å². The third-order valence-electron chi connectivity index (χ3n) is 4.50. The van der Waals surface area contributed by atoms with Crippen LogP contribution in [0, 0.1) is 5.92 Å². The number of nitrogens with zero attached hydrogens (tertiary/aromatic N) is 1. The minimum absolute atomic E-state index is 0.286. The van der Waals surface area contributed by atoms with Crippen LogP contribution >= 0.6 is 0 Å². The van der Waals surface area contributed by atoms with Gasteiger partial charge >= 0.3 is 12.2 Å². The molecular formula is C21H33N3O4. The molecule has 7 heteroatoms. The van der Waals surface area contributed by atoms with E-state index in [1.54, 1.807) is 0 Å². The number of alkyl carbamates (subject to hydrolysis) is 2. The normalized spacial score (nSPS) is 17.2. The molecule has 1 aliphatic heterocycles. The number of benzene rings is 1. The van der Waals surface area contributed by atoms with Gasteiger partial charge in [-0.1, -0.05) is 30.3 Å². The Morgan fingerprint density at radius 1 is 1.11 bits per heavy atom. The zero-order valence-corrected chi connectivity index (χ0v) is 17.2. The Morgan fingerprint density at radius 2 is 1.82 bits per heavy atom. The highest BCUT2D eigenvalue weighted by molar-refractivity contribution is 5.67. The van der Waals surface area contributed by atoms with Gasteiger partial charge in [0.2, 0.25) is 0 Å². The highest BCUT2D eigenvalue weighted by Crippen LogP contribution is 2.18. The van der Waals surface area contributed by atoms with Crippen molar-refractivity contribution in [3.8, 4) is 0 Å². The highest BCUT2D eigenvalue weighted by atomic mass is 16.6. The van der Waals surface area contributed by atoms with Crippen molar-refractivity contribution in [2.75, 3.05) is 32.7 Å². The fraction of sp³-hybridized carbons (Fsp3) is 0.619. The third kappa shape index (κ3) is 9.08. The Bertz CT molecular complexity index is 616. The van der Waals surface area contributed by atoms with E-state index in [9.17, 15) is 9.59 Å². The molecule has 28 heavy (non-hydrogen) atoms. The number of ether oxygens (including phenoxy) is 2. The first kappa shape index (κ1) is 22.0. The summed E-state index contributed by atoms with van der Waals surface area (Å²) < 4.78 is 10.4. The lowest BCUT2D eigenvalue weighted by atomic mass is 10.1. The summed E-state index contributed by atoms with van der Waals surface area (Å²) in [5.41, 5.74) is 0.502. The van der Waals surface area contributed by atoms with Crippen molar-refractivity contribution in [2.45, 2.75) is 45.8 Å². The number of carbonyl (C=O) groups is 2. The summed E-state index contributed by atoms with van der Waals surface area (Å²) in [6.07, 6.45) is 1.28. The highest BCUT2D eigenvalue weighted by Gasteiger charge is 2.22. The molecule has 2 rings (SSSR count). The average Bonchev–Trinajstić information content (AvgIpc) is 3.07. The molecule has 1 unspecified atom stereocenters. The quantitative estimate of drug-likeness (QED) is 0.712. The predicted molar refractivity (Wildman–Crippen MR) is 108 cm³/mol. The number of hydrogen-bond acceptors (Lipinski definition) is 5. The largest absolute Gasteiger partial charge is 0.445 e. The molecule has 1 atom stereocenters. The second-order valence-corrected chi connectivity index (χ2v) is 8.16. The first-order valence-corrected chi connectivity index (χ1v) is 9.95. The lowest BCUT2D eigenvalue weighted by molar-refractivity contribution is 0.0523. The van der Waals surface area contributed by atoms with E-state index < -0.39 is 5.60 Å². The molecule has 0 bridgehead atoms. The van der Waals surface area contributed by atoms with E-state index in [0.717, 1.165) is 38.0 Å². The number of likely N-dealkylation sites (tertiary alicyclic amines) is 1. The van der Waals surface area contributed by atoms with Gasteiger partial charge in [0.15, 0.2) is 0 Å². The van der Waals surface area contributed by atoms with Gasteiger partial charge in [0, 0.05) is 26.2 Å². The summed E-state index contributed by atoms with van der Waals surface area (Å²) >= 11 is 0. The molecule has 1 fully saturated rings. The first-order valence-electron chi connectivity index (χ1n) is 9.95. The summed E-state index contributed by atoms with van der Waals surface area (Å²) in [5, 5.41) is 5.61. The van der Waals surface area contributed by atoms with E-state index >= 15 is 0 Å². The molecule has 1 aromatic rings. The number of rotatable bonds is 8. The van der Waals surface area contributed by atoms with Crippen molar-refractivity contribution >= 4 is 12.2 Å². The third-order valence-corrected chi connectivity index (χ3v) is 4.50. The van der Waals surface area contributed by atoms with Gasteiger partial charge in [-0.2, -0.15) is 0 Å². The van der Waals surface area contributed by atoms with E-state index in [1.807, 2.05) is 51.1 Å². The van der Waals surface area contributed by atoms with Crippen LogP contribution in [0.15, 0.2) is 30.3 Å². The molecule has 156 valence electrons. The van der Waals surface area contributed by atoms with Crippen molar-refractivity contribution < 1.29 is 19.1 Å². The molecule has 0 spiro atoms. The zero-order valence-electron chi connectivity index (χ0n) is 17.2. The van der Waals surface area contributed by atoms with E-state index in [-0.39, 0.29) is 18.8 Å². The molecule has 0 saturated carbocycles. The van der Waals surface area contributed by atoms with Crippen LogP contribution < -0.4 is 10.6 Å². The van der Waals surface area contributed by atoms with Gasteiger partial charge in [0.25, 0.3) is 0 Å². The van der Waals surface area contributed by atoms with E-state index in [4.69, 9.17) is 9.47 Å². The smallest absolute Gasteiger partial charge is 0.407 e. The summed E-state index contributed by atoms with van der Waals surface area (Å²) in [4.78, 5) is 25.7. The zero-order chi connectivity index (χ0) is 20.4. The summed E-state index contributed by atoms with van der Waals surface area (Å²) in [6.45, 7) is 9.83. The minimum Gasteiger partial charge on any atom is -0.445 e. The van der Waals surface area contributed by atoms with E-state index in [1.165, 1.54) is 0 Å². The van der Waals surface area contributed by atoms with Crippen LogP contribution in [0.3, 0.4) is 0 Å². The Kier molecular flexibility index (Phi) is 8.57. The fourth-order valence-corrected chi connectivity index (χ4v) is 3.13. The average molecular weight is 392 g/mol. The molecule has 2 amide bonds. The van der Waals surface area contributed by atoms with Gasteiger partial charge in [-0.05, 0) is 51.6 Å². The molecule has 2 N–H and O–H groups in total. The standard InChI is InChI=1S/C21H33N3O4/c1-21(2,3)28-20(26)23-12-14-24-13-10-17(15-24)9-11-22-19(25)27-16-18-7-5-4-6-8-18/h4-8,17H,9-16H2,1-3H3,(H,22,25)(H,23,26). The van der Waals surface area contributed by atoms with Crippen molar-refractivity contribution in [3.05, 3.63) is 35.9 Å². The van der Waals surface area contributed by atoms with Gasteiger partial charge < -0.3 is 25.0 Å². The lowest BCUT2D eigenvalue weighted by Crippen LogP contribution is -2.37. The second kappa shape index (κ2) is 10.9. The van der Waals surface area contributed by atoms with E-state index in [0.29, 0.717) is 19.0 Å². The summed E-state index contributed by atoms with van der Waals surface area (Å²) in [6, 6.07) is 9.63. The number of amides is 2. The fourth-order valence-electron chi connectivity index (χ4n) is 3.13. The van der Waals surface area contributed by atoms with Crippen molar-refractivity contribution in [1.82, 2.24) is 15.5 Å². The molecule has 1 aliphatic rings. The maximum atomic E-state index is 11.8. The van der Waals surface area contributed by atoms with Crippen molar-refractivity contribution in [1.29, 1.82) is 0 Å². The van der Waals surface area contributed by atoms with Gasteiger partial charge in [-0.25, -0.2) is 9.59 Å². The Labute approximate surface area is 167 Å². The van der Waals surface area contributed by atoms with Crippen LogP contribution in [0.4, 0.5) is 9.59 Å². The Hall–Kier alpha value is -2.28. The van der Waals surface area contributed by atoms with Gasteiger partial charge in [-0.15, -0.1) is 0 Å². The first-order chi connectivity index (χ1) is 13.3. The lowest BCUT2D eigenvalue weighted by Gasteiger charge is -2.21. The Morgan fingerprint density at radius 3 is 2.54 bits per heavy atom. The Balaban J connectivity index is 1.52. The van der Waals surface area contributed by atoms with Crippen LogP contribution in [0.1, 0.15) is 39.2 Å². The number of nitrogens with one attached hydrogen (secondary N) is 2. The molecule has 0 aliphatic carbocycles. The monoisotopic (exact) mass is 391 g/mol. The molecule has 1 saturated heterocycles. The molecule has 0 radical (unpaired) electrons. The number of carbonyl (C=O) groups excluding carboxylic acids is 2. The number of hydrogen-bond donors (Lipinski definition) is 2. The van der Waals surface area contributed by atoms with Crippen molar-refractivity contribution in [2.24, 2.45) is 5.92 Å². The maximum absolute atomic E-state index is 11.8. The maximum Gasteiger partial charge on any atom is 0.407 e. The van der Waals surface area contributed by atoms with E-state index in [2.05, 4.69) is 15.5 Å². The topological polar surface area (TPSA) is 79.9 Å². The molecule has 7 nitrogen and oxygen atoms in total.